The van der Waals surface area contributed by atoms with Gasteiger partial charge in [-0.05, 0) is 43.5 Å². The number of hydrogen-bond acceptors (Lipinski definition) is 3. The first-order valence-electron chi connectivity index (χ1n) is 10.1. The van der Waals surface area contributed by atoms with E-state index in [1.165, 1.54) is 17.7 Å². The van der Waals surface area contributed by atoms with Crippen LogP contribution in [0.15, 0.2) is 30.5 Å². The molecule has 4 heterocycles. The monoisotopic (exact) mass is 428 g/mol. The lowest BCUT2D eigenvalue weighted by atomic mass is 10.0. The number of likely N-dealkylation sites (tertiary alicyclic amines) is 1. The lowest BCUT2D eigenvalue weighted by Crippen LogP contribution is -2.36. The largest absolute Gasteiger partial charge is 0.358 e. The minimum absolute atomic E-state index is 0.0258. The Labute approximate surface area is 179 Å². The molecule has 0 radical (unpaired) electrons. The molecule has 1 fully saturated rings. The SMILES string of the molecule is O=C(c1cnc(N2CCc3[nH]c4ccc(Cl)cc4c3C2)c(Cl)c1)N1CCCCC1. The molecule has 1 N–H and O–H groups in total. The fraction of sp³-hybridized carbons (Fsp3) is 0.364. The number of aromatic nitrogens is 2. The van der Waals surface area contributed by atoms with Crippen LogP contribution in [0.3, 0.4) is 0 Å². The Morgan fingerprint density at radius 2 is 1.90 bits per heavy atom. The van der Waals surface area contributed by atoms with E-state index in [-0.39, 0.29) is 5.91 Å². The zero-order valence-electron chi connectivity index (χ0n) is 16.0. The maximum Gasteiger partial charge on any atom is 0.255 e. The number of nitrogens with zero attached hydrogens (tertiary/aromatic N) is 3. The van der Waals surface area contributed by atoms with Gasteiger partial charge in [0.05, 0.1) is 10.6 Å². The number of carbonyl (C=O) groups is 1. The number of nitrogens with one attached hydrogen (secondary N) is 1. The van der Waals surface area contributed by atoms with E-state index in [9.17, 15) is 4.79 Å². The van der Waals surface area contributed by atoms with E-state index in [1.807, 2.05) is 23.1 Å². The molecule has 1 aromatic carbocycles. The van der Waals surface area contributed by atoms with Crippen molar-refractivity contribution in [3.8, 4) is 0 Å². The molecule has 0 aliphatic carbocycles. The van der Waals surface area contributed by atoms with Crippen LogP contribution in [0, 0.1) is 0 Å². The summed E-state index contributed by atoms with van der Waals surface area (Å²) in [6.07, 6.45) is 5.87. The van der Waals surface area contributed by atoms with Gasteiger partial charge in [0.25, 0.3) is 5.91 Å². The van der Waals surface area contributed by atoms with Gasteiger partial charge in [-0.1, -0.05) is 23.2 Å². The highest BCUT2D eigenvalue weighted by molar-refractivity contribution is 6.33. The van der Waals surface area contributed by atoms with E-state index in [2.05, 4.69) is 14.9 Å². The van der Waals surface area contributed by atoms with Gasteiger partial charge in [0.15, 0.2) is 0 Å². The van der Waals surface area contributed by atoms with E-state index in [1.54, 1.807) is 12.3 Å². The molecule has 2 aromatic heterocycles. The van der Waals surface area contributed by atoms with E-state index in [0.29, 0.717) is 17.1 Å². The Hall–Kier alpha value is -2.24. The predicted molar refractivity (Wildman–Crippen MR) is 117 cm³/mol. The van der Waals surface area contributed by atoms with Crippen LogP contribution in [0.1, 0.15) is 40.9 Å². The molecule has 7 heteroatoms. The van der Waals surface area contributed by atoms with Gasteiger partial charge < -0.3 is 14.8 Å². The van der Waals surface area contributed by atoms with Crippen LogP contribution >= 0.6 is 23.2 Å². The average Bonchev–Trinajstić information content (AvgIpc) is 3.11. The van der Waals surface area contributed by atoms with Crippen LogP contribution in [-0.4, -0.2) is 40.4 Å². The van der Waals surface area contributed by atoms with Gasteiger partial charge in [0, 0.05) is 66.0 Å². The number of aromatic amines is 1. The van der Waals surface area contributed by atoms with Crippen molar-refractivity contribution in [1.29, 1.82) is 0 Å². The van der Waals surface area contributed by atoms with Crippen LogP contribution in [0.2, 0.25) is 10.0 Å². The lowest BCUT2D eigenvalue weighted by Gasteiger charge is -2.30. The van der Waals surface area contributed by atoms with Crippen molar-refractivity contribution in [2.75, 3.05) is 24.5 Å². The molecule has 2 aliphatic rings. The molecule has 1 saturated heterocycles. The van der Waals surface area contributed by atoms with E-state index in [0.717, 1.165) is 60.6 Å². The maximum atomic E-state index is 12.7. The number of benzene rings is 1. The summed E-state index contributed by atoms with van der Waals surface area (Å²) in [7, 11) is 0. The standard InChI is InChI=1S/C22H22Cl2N4O/c23-15-4-5-19-16(11-15)17-13-28(9-6-20(17)26-19)21-18(24)10-14(12-25-21)22(29)27-7-2-1-3-8-27/h4-5,10-12,26H,1-3,6-9,13H2. The summed E-state index contributed by atoms with van der Waals surface area (Å²) in [5.41, 5.74) is 4.15. The molecule has 0 atom stereocenters. The van der Waals surface area contributed by atoms with Gasteiger partial charge in [-0.25, -0.2) is 4.98 Å². The third-order valence-electron chi connectivity index (χ3n) is 5.95. The van der Waals surface area contributed by atoms with Gasteiger partial charge in [-0.2, -0.15) is 0 Å². The van der Waals surface area contributed by atoms with Crippen molar-refractivity contribution in [1.82, 2.24) is 14.9 Å². The van der Waals surface area contributed by atoms with Gasteiger partial charge in [-0.3, -0.25) is 4.79 Å². The second-order valence-corrected chi connectivity index (χ2v) is 8.67. The quantitative estimate of drug-likeness (QED) is 0.620. The Bertz CT molecular complexity index is 1090. The second-order valence-electron chi connectivity index (χ2n) is 7.83. The number of amides is 1. The van der Waals surface area contributed by atoms with Crippen LogP contribution in [0.25, 0.3) is 10.9 Å². The molecule has 0 unspecified atom stereocenters. The van der Waals surface area contributed by atoms with Crippen molar-refractivity contribution in [3.63, 3.8) is 0 Å². The fourth-order valence-corrected chi connectivity index (χ4v) is 4.89. The van der Waals surface area contributed by atoms with Crippen molar-refractivity contribution in [3.05, 3.63) is 57.3 Å². The number of piperidine rings is 1. The van der Waals surface area contributed by atoms with E-state index in [4.69, 9.17) is 23.2 Å². The number of anilines is 1. The highest BCUT2D eigenvalue weighted by atomic mass is 35.5. The third-order valence-corrected chi connectivity index (χ3v) is 6.46. The summed E-state index contributed by atoms with van der Waals surface area (Å²) in [5.74, 6) is 0.752. The van der Waals surface area contributed by atoms with Gasteiger partial charge >= 0.3 is 0 Å². The van der Waals surface area contributed by atoms with Crippen LogP contribution in [0.5, 0.6) is 0 Å². The lowest BCUT2D eigenvalue weighted by molar-refractivity contribution is 0.0724. The number of H-pyrrole nitrogens is 1. The molecular weight excluding hydrogens is 407 g/mol. The van der Waals surface area contributed by atoms with Crippen LogP contribution in [0.4, 0.5) is 5.82 Å². The molecule has 0 spiro atoms. The number of hydrogen-bond donors (Lipinski definition) is 1. The highest BCUT2D eigenvalue weighted by Gasteiger charge is 2.25. The van der Waals surface area contributed by atoms with Gasteiger partial charge in [0.1, 0.15) is 5.82 Å². The summed E-state index contributed by atoms with van der Waals surface area (Å²) in [5, 5.41) is 2.40. The van der Waals surface area contributed by atoms with Crippen molar-refractivity contribution < 1.29 is 4.79 Å². The smallest absolute Gasteiger partial charge is 0.255 e. The summed E-state index contributed by atoms with van der Waals surface area (Å²) >= 11 is 12.8. The molecule has 1 amide bonds. The van der Waals surface area contributed by atoms with Crippen molar-refractivity contribution >= 4 is 45.8 Å². The summed E-state index contributed by atoms with van der Waals surface area (Å²) in [6.45, 7) is 3.16. The molecule has 0 saturated carbocycles. The minimum atomic E-state index is 0.0258. The minimum Gasteiger partial charge on any atom is -0.358 e. The molecule has 2 aliphatic heterocycles. The second kappa shape index (κ2) is 7.54. The Kier molecular flexibility index (Phi) is 4.88. The molecule has 3 aromatic rings. The summed E-state index contributed by atoms with van der Waals surface area (Å²) in [4.78, 5) is 24.9. The van der Waals surface area contributed by atoms with Crippen LogP contribution < -0.4 is 4.90 Å². The molecular formula is C22H22Cl2N4O. The zero-order chi connectivity index (χ0) is 20.0. The Balaban J connectivity index is 1.41. The predicted octanol–water partition coefficient (Wildman–Crippen LogP) is 5.06. The number of pyridine rings is 1. The zero-order valence-corrected chi connectivity index (χ0v) is 17.6. The Morgan fingerprint density at radius 3 is 2.69 bits per heavy atom. The number of rotatable bonds is 2. The van der Waals surface area contributed by atoms with E-state index >= 15 is 0 Å². The first kappa shape index (κ1) is 18.8. The molecule has 5 nitrogen and oxygen atoms in total. The first-order chi connectivity index (χ1) is 14.1. The summed E-state index contributed by atoms with van der Waals surface area (Å²) in [6, 6.07) is 7.69. The molecule has 5 rings (SSSR count). The topological polar surface area (TPSA) is 52.2 Å². The third kappa shape index (κ3) is 3.47. The van der Waals surface area contributed by atoms with Crippen LogP contribution in [-0.2, 0) is 13.0 Å². The summed E-state index contributed by atoms with van der Waals surface area (Å²) < 4.78 is 0. The van der Waals surface area contributed by atoms with E-state index < -0.39 is 0 Å². The first-order valence-corrected chi connectivity index (χ1v) is 10.8. The van der Waals surface area contributed by atoms with Gasteiger partial charge in [0.2, 0.25) is 0 Å². The molecule has 29 heavy (non-hydrogen) atoms. The Morgan fingerprint density at radius 1 is 1.07 bits per heavy atom. The number of halogens is 2. The van der Waals surface area contributed by atoms with Gasteiger partial charge in [-0.15, -0.1) is 0 Å². The van der Waals surface area contributed by atoms with Crippen molar-refractivity contribution in [2.24, 2.45) is 0 Å². The fourth-order valence-electron chi connectivity index (χ4n) is 4.43. The van der Waals surface area contributed by atoms with Crippen molar-refractivity contribution in [2.45, 2.75) is 32.2 Å². The highest BCUT2D eigenvalue weighted by Crippen LogP contribution is 2.33. The normalized spacial score (nSPS) is 16.9. The maximum absolute atomic E-state index is 12.7. The number of carbonyl (C=O) groups excluding carboxylic acids is 1. The average molecular weight is 429 g/mol. The molecule has 0 bridgehead atoms. The number of fused-ring (bicyclic) bond motifs is 3. The molecule has 150 valence electrons.